The van der Waals surface area contributed by atoms with Crippen molar-refractivity contribution in [1.29, 1.82) is 0 Å². The van der Waals surface area contributed by atoms with Gasteiger partial charge in [-0.2, -0.15) is 0 Å². The summed E-state index contributed by atoms with van der Waals surface area (Å²) in [4.78, 5) is 25.8. The molecule has 0 aliphatic carbocycles. The molecule has 2 unspecified atom stereocenters. The monoisotopic (exact) mass is 292 g/mol. The smallest absolute Gasteiger partial charge is 0.328 e. The van der Waals surface area contributed by atoms with Crippen LogP contribution in [-0.2, 0) is 14.3 Å². The van der Waals surface area contributed by atoms with Crippen LogP contribution < -0.4 is 15.4 Å². The summed E-state index contributed by atoms with van der Waals surface area (Å²) in [6.45, 7) is 5.51. The van der Waals surface area contributed by atoms with Gasteiger partial charge in [-0.05, 0) is 32.4 Å². The third-order valence-corrected chi connectivity index (χ3v) is 3.34. The van der Waals surface area contributed by atoms with E-state index in [0.717, 1.165) is 6.42 Å². The number of nitrogens with two attached hydrogens (primary N) is 1. The molecule has 1 aliphatic heterocycles. The average molecular weight is 292 g/mol. The molecule has 21 heavy (non-hydrogen) atoms. The Morgan fingerprint density at radius 1 is 1.52 bits per heavy atom. The van der Waals surface area contributed by atoms with Crippen molar-refractivity contribution in [2.45, 2.75) is 39.3 Å². The second-order valence-corrected chi connectivity index (χ2v) is 5.01. The molecule has 2 N–H and O–H groups in total. The van der Waals surface area contributed by atoms with E-state index in [-0.39, 0.29) is 5.91 Å². The Bertz CT molecular complexity index is 559. The molecule has 1 aliphatic rings. The van der Waals surface area contributed by atoms with E-state index in [0.29, 0.717) is 23.7 Å². The zero-order chi connectivity index (χ0) is 15.6. The molecule has 6 heteroatoms. The fourth-order valence-corrected chi connectivity index (χ4v) is 2.25. The lowest BCUT2D eigenvalue weighted by Gasteiger charge is -2.36. The molecule has 0 fully saturated rings. The minimum absolute atomic E-state index is 0.304. The molecule has 1 aromatic rings. The zero-order valence-electron chi connectivity index (χ0n) is 12.5. The first kappa shape index (κ1) is 15.2. The van der Waals surface area contributed by atoms with E-state index in [4.69, 9.17) is 15.2 Å². The quantitative estimate of drug-likeness (QED) is 0.675. The van der Waals surface area contributed by atoms with Crippen LogP contribution in [-0.4, -0.2) is 30.6 Å². The van der Waals surface area contributed by atoms with Crippen molar-refractivity contribution in [3.05, 3.63) is 18.2 Å². The van der Waals surface area contributed by atoms with Crippen LogP contribution in [0.25, 0.3) is 0 Å². The number of anilines is 2. The van der Waals surface area contributed by atoms with E-state index < -0.39 is 18.1 Å². The van der Waals surface area contributed by atoms with Gasteiger partial charge < -0.3 is 15.2 Å². The van der Waals surface area contributed by atoms with E-state index >= 15 is 0 Å². The number of amides is 1. The van der Waals surface area contributed by atoms with Gasteiger partial charge in [-0.15, -0.1) is 0 Å². The van der Waals surface area contributed by atoms with E-state index in [1.54, 1.807) is 32.0 Å². The van der Waals surface area contributed by atoms with Gasteiger partial charge in [-0.1, -0.05) is 13.0 Å². The molecule has 1 heterocycles. The Labute approximate surface area is 123 Å². The summed E-state index contributed by atoms with van der Waals surface area (Å²) in [5.74, 6) is -0.257. The number of para-hydroxylation sites is 1. The summed E-state index contributed by atoms with van der Waals surface area (Å²) >= 11 is 0. The number of rotatable bonds is 4. The third kappa shape index (κ3) is 2.79. The van der Waals surface area contributed by atoms with Crippen LogP contribution in [0, 0.1) is 0 Å². The number of esters is 1. The summed E-state index contributed by atoms with van der Waals surface area (Å²) in [6, 6.07) is 4.39. The van der Waals surface area contributed by atoms with Crippen molar-refractivity contribution in [2.24, 2.45) is 0 Å². The largest absolute Gasteiger partial charge is 0.479 e. The molecule has 2 rings (SSSR count). The highest BCUT2D eigenvalue weighted by Crippen LogP contribution is 2.39. The number of carbonyl (C=O) groups excluding carboxylic acids is 2. The Morgan fingerprint density at radius 2 is 2.24 bits per heavy atom. The predicted molar refractivity (Wildman–Crippen MR) is 79.1 cm³/mol. The van der Waals surface area contributed by atoms with Gasteiger partial charge >= 0.3 is 5.97 Å². The van der Waals surface area contributed by atoms with Crippen molar-refractivity contribution in [3.8, 4) is 5.75 Å². The number of hydrogen-bond donors (Lipinski definition) is 1. The highest BCUT2D eigenvalue weighted by Gasteiger charge is 2.38. The summed E-state index contributed by atoms with van der Waals surface area (Å²) in [7, 11) is 0. The van der Waals surface area contributed by atoms with Gasteiger partial charge in [0.15, 0.2) is 6.10 Å². The molecule has 2 atom stereocenters. The molecule has 0 bridgehead atoms. The maximum absolute atomic E-state index is 12.4. The fourth-order valence-electron chi connectivity index (χ4n) is 2.25. The predicted octanol–water partition coefficient (Wildman–Crippen LogP) is 1.72. The molecule has 1 amide bonds. The number of fused-ring (bicyclic) bond motifs is 1. The number of nitrogens with zero attached hydrogens (tertiary/aromatic N) is 1. The summed E-state index contributed by atoms with van der Waals surface area (Å²) < 4.78 is 10.7. The van der Waals surface area contributed by atoms with Gasteiger partial charge in [-0.25, -0.2) is 4.79 Å². The van der Waals surface area contributed by atoms with Gasteiger partial charge in [0.1, 0.15) is 17.5 Å². The lowest BCUT2D eigenvalue weighted by molar-refractivity contribution is -0.146. The first-order valence-electron chi connectivity index (χ1n) is 7.02. The highest BCUT2D eigenvalue weighted by molar-refractivity contribution is 6.06. The van der Waals surface area contributed by atoms with E-state index in [1.165, 1.54) is 4.90 Å². The molecule has 0 radical (unpaired) electrons. The Morgan fingerprint density at radius 3 is 2.90 bits per heavy atom. The van der Waals surface area contributed by atoms with Crippen LogP contribution >= 0.6 is 0 Å². The number of benzene rings is 1. The lowest BCUT2D eigenvalue weighted by atomic mass is 10.1. The number of nitrogen functional groups attached to an aromatic ring is 1. The first-order valence-corrected chi connectivity index (χ1v) is 7.02. The van der Waals surface area contributed by atoms with E-state index in [9.17, 15) is 9.59 Å². The van der Waals surface area contributed by atoms with Gasteiger partial charge in [0.2, 0.25) is 0 Å². The SMILES string of the molecule is CCCOC(=O)C(C)N1C(=O)C(C)Oc2cccc(N)c21. The molecule has 0 spiro atoms. The fraction of sp³-hybridized carbons (Fsp3) is 0.467. The third-order valence-electron chi connectivity index (χ3n) is 3.34. The molecular formula is C15H20N2O4. The molecule has 0 aromatic heterocycles. The van der Waals surface area contributed by atoms with Crippen LogP contribution in [0.1, 0.15) is 27.2 Å². The second kappa shape index (κ2) is 6.03. The van der Waals surface area contributed by atoms with Crippen molar-refractivity contribution in [2.75, 3.05) is 17.2 Å². The second-order valence-electron chi connectivity index (χ2n) is 5.01. The van der Waals surface area contributed by atoms with Crippen molar-refractivity contribution in [1.82, 2.24) is 0 Å². The van der Waals surface area contributed by atoms with Crippen LogP contribution in [0.4, 0.5) is 11.4 Å². The van der Waals surface area contributed by atoms with Gasteiger partial charge in [-0.3, -0.25) is 9.69 Å². The lowest BCUT2D eigenvalue weighted by Crippen LogP contribution is -2.52. The molecule has 0 saturated carbocycles. The van der Waals surface area contributed by atoms with Gasteiger partial charge in [0.05, 0.1) is 12.3 Å². The van der Waals surface area contributed by atoms with Crippen LogP contribution in [0.15, 0.2) is 18.2 Å². The number of ether oxygens (including phenoxy) is 2. The number of carbonyl (C=O) groups is 2. The number of hydrogen-bond acceptors (Lipinski definition) is 5. The van der Waals surface area contributed by atoms with Crippen molar-refractivity contribution < 1.29 is 19.1 Å². The maximum atomic E-state index is 12.4. The van der Waals surface area contributed by atoms with Crippen molar-refractivity contribution >= 4 is 23.3 Å². The molecular weight excluding hydrogens is 272 g/mol. The van der Waals surface area contributed by atoms with E-state index in [2.05, 4.69) is 0 Å². The van der Waals surface area contributed by atoms with Gasteiger partial charge in [0.25, 0.3) is 5.91 Å². The minimum atomic E-state index is -0.751. The molecule has 1 aromatic carbocycles. The zero-order valence-corrected chi connectivity index (χ0v) is 12.5. The average Bonchev–Trinajstić information content (AvgIpc) is 2.46. The first-order chi connectivity index (χ1) is 9.97. The Kier molecular flexibility index (Phi) is 4.35. The highest BCUT2D eigenvalue weighted by atomic mass is 16.5. The Hall–Kier alpha value is -2.24. The molecule has 6 nitrogen and oxygen atoms in total. The topological polar surface area (TPSA) is 81.9 Å². The minimum Gasteiger partial charge on any atom is -0.479 e. The van der Waals surface area contributed by atoms with Crippen molar-refractivity contribution in [3.63, 3.8) is 0 Å². The van der Waals surface area contributed by atoms with Crippen LogP contribution in [0.3, 0.4) is 0 Å². The summed E-state index contributed by atoms with van der Waals surface area (Å²) in [6.07, 6.45) is 0.0608. The molecule has 114 valence electrons. The maximum Gasteiger partial charge on any atom is 0.328 e. The normalized spacial score (nSPS) is 18.7. The standard InChI is InChI=1S/C15H20N2O4/c1-4-8-20-15(19)9(2)17-13-11(16)6-5-7-12(13)21-10(3)14(17)18/h5-7,9-10H,4,8,16H2,1-3H3. The van der Waals surface area contributed by atoms with E-state index in [1.807, 2.05) is 6.92 Å². The van der Waals surface area contributed by atoms with Crippen LogP contribution in [0.5, 0.6) is 5.75 Å². The Balaban J connectivity index is 2.37. The summed E-state index contributed by atoms with van der Waals surface area (Å²) in [5, 5.41) is 0. The molecule has 0 saturated heterocycles. The summed E-state index contributed by atoms with van der Waals surface area (Å²) in [5.41, 5.74) is 6.78. The van der Waals surface area contributed by atoms with Gasteiger partial charge in [0, 0.05) is 0 Å². The van der Waals surface area contributed by atoms with Crippen LogP contribution in [0.2, 0.25) is 0 Å².